The first-order valence-electron chi connectivity index (χ1n) is 6.99. The molecule has 0 radical (unpaired) electrons. The Morgan fingerprint density at radius 2 is 2.21 bits per heavy atom. The Morgan fingerprint density at radius 1 is 1.58 bits per heavy atom. The van der Waals surface area contributed by atoms with Crippen LogP contribution in [0.25, 0.3) is 0 Å². The molecule has 1 aliphatic heterocycles. The lowest BCUT2D eigenvalue weighted by Crippen LogP contribution is -2.61. The molecule has 1 rings (SSSR count). The van der Waals surface area contributed by atoms with E-state index in [0.29, 0.717) is 6.54 Å². The Labute approximate surface area is 116 Å². The van der Waals surface area contributed by atoms with Crippen molar-refractivity contribution < 1.29 is 14.6 Å². The molecule has 1 heterocycles. The largest absolute Gasteiger partial charge is 0.480 e. The van der Waals surface area contributed by atoms with Gasteiger partial charge in [-0.25, -0.2) is 0 Å². The lowest BCUT2D eigenvalue weighted by Gasteiger charge is -2.42. The summed E-state index contributed by atoms with van der Waals surface area (Å²) in [4.78, 5) is 13.7. The second kappa shape index (κ2) is 6.20. The van der Waals surface area contributed by atoms with Crippen LogP contribution >= 0.6 is 0 Å². The molecule has 0 spiro atoms. The topological polar surface area (TPSA) is 61.8 Å². The SMILES string of the molecule is COC1(C)CCCN(CC(C)(NC(C)C)C(=O)O)C1. The third-order valence-corrected chi connectivity index (χ3v) is 3.85. The van der Waals surface area contributed by atoms with Gasteiger partial charge in [0.05, 0.1) is 5.60 Å². The highest BCUT2D eigenvalue weighted by Gasteiger charge is 2.39. The van der Waals surface area contributed by atoms with Gasteiger partial charge in [0.1, 0.15) is 5.54 Å². The number of carboxylic acids is 1. The average Bonchev–Trinajstić information content (AvgIpc) is 2.27. The summed E-state index contributed by atoms with van der Waals surface area (Å²) in [6, 6.07) is 0.139. The number of ether oxygens (including phenoxy) is 1. The summed E-state index contributed by atoms with van der Waals surface area (Å²) < 4.78 is 5.56. The fourth-order valence-corrected chi connectivity index (χ4v) is 2.87. The summed E-state index contributed by atoms with van der Waals surface area (Å²) in [5.74, 6) is -0.800. The van der Waals surface area contributed by atoms with Crippen molar-refractivity contribution in [1.29, 1.82) is 0 Å². The summed E-state index contributed by atoms with van der Waals surface area (Å²) >= 11 is 0. The summed E-state index contributed by atoms with van der Waals surface area (Å²) in [5.41, 5.74) is -1.07. The molecule has 1 fully saturated rings. The van der Waals surface area contributed by atoms with E-state index in [-0.39, 0.29) is 11.6 Å². The predicted molar refractivity (Wildman–Crippen MR) is 75.4 cm³/mol. The number of hydrogen-bond donors (Lipinski definition) is 2. The molecule has 0 aliphatic carbocycles. The first-order valence-corrected chi connectivity index (χ1v) is 6.99. The molecule has 0 aromatic heterocycles. The number of rotatable bonds is 6. The molecule has 0 bridgehead atoms. The van der Waals surface area contributed by atoms with Crippen molar-refractivity contribution >= 4 is 5.97 Å². The monoisotopic (exact) mass is 272 g/mol. The average molecular weight is 272 g/mol. The molecule has 1 aliphatic rings. The van der Waals surface area contributed by atoms with Gasteiger partial charge in [0.15, 0.2) is 0 Å². The van der Waals surface area contributed by atoms with Crippen LogP contribution in [0, 0.1) is 0 Å². The molecule has 2 unspecified atom stereocenters. The molecular formula is C14H28N2O3. The molecule has 0 aromatic rings. The Morgan fingerprint density at radius 3 is 2.68 bits per heavy atom. The van der Waals surface area contributed by atoms with Crippen LogP contribution in [0.15, 0.2) is 0 Å². The minimum atomic E-state index is -0.917. The summed E-state index contributed by atoms with van der Waals surface area (Å²) in [6.45, 7) is 10.0. The van der Waals surface area contributed by atoms with Gasteiger partial charge in [0, 0.05) is 26.2 Å². The van der Waals surface area contributed by atoms with E-state index in [1.807, 2.05) is 13.8 Å². The Balaban J connectivity index is 2.72. The second-order valence-corrected chi connectivity index (χ2v) is 6.40. The number of methoxy groups -OCH3 is 1. The van der Waals surface area contributed by atoms with E-state index in [4.69, 9.17) is 4.74 Å². The second-order valence-electron chi connectivity index (χ2n) is 6.40. The van der Waals surface area contributed by atoms with Crippen molar-refractivity contribution in [3.63, 3.8) is 0 Å². The Kier molecular flexibility index (Phi) is 5.35. The Bertz CT molecular complexity index is 322. The Hall–Kier alpha value is -0.650. The van der Waals surface area contributed by atoms with Crippen LogP contribution in [0.1, 0.15) is 40.5 Å². The standard InChI is InChI=1S/C14H28N2O3/c1-11(2)15-14(4,12(17)18)10-16-8-6-7-13(3,9-16)19-5/h11,15H,6-10H2,1-5H3,(H,17,18). The first kappa shape index (κ1) is 16.4. The van der Waals surface area contributed by atoms with Gasteiger partial charge >= 0.3 is 5.97 Å². The quantitative estimate of drug-likeness (QED) is 0.764. The zero-order valence-corrected chi connectivity index (χ0v) is 12.8. The number of piperidine rings is 1. The molecule has 2 atom stereocenters. The third kappa shape index (κ3) is 4.44. The number of nitrogens with zero attached hydrogens (tertiary/aromatic N) is 1. The molecule has 19 heavy (non-hydrogen) atoms. The molecule has 5 heteroatoms. The van der Waals surface area contributed by atoms with Crippen molar-refractivity contribution in [2.45, 2.75) is 57.7 Å². The highest BCUT2D eigenvalue weighted by atomic mass is 16.5. The van der Waals surface area contributed by atoms with Crippen molar-refractivity contribution in [1.82, 2.24) is 10.2 Å². The van der Waals surface area contributed by atoms with E-state index in [9.17, 15) is 9.90 Å². The maximum Gasteiger partial charge on any atom is 0.324 e. The van der Waals surface area contributed by atoms with Crippen molar-refractivity contribution in [2.75, 3.05) is 26.7 Å². The molecule has 0 amide bonds. The molecule has 1 saturated heterocycles. The number of hydrogen-bond acceptors (Lipinski definition) is 4. The molecule has 0 aromatic carbocycles. The fourth-order valence-electron chi connectivity index (χ4n) is 2.87. The van der Waals surface area contributed by atoms with Crippen molar-refractivity contribution in [3.8, 4) is 0 Å². The van der Waals surface area contributed by atoms with Crippen LogP contribution in [0.5, 0.6) is 0 Å². The van der Waals surface area contributed by atoms with Crippen molar-refractivity contribution in [2.24, 2.45) is 0 Å². The minimum Gasteiger partial charge on any atom is -0.480 e. The van der Waals surface area contributed by atoms with Gasteiger partial charge in [-0.2, -0.15) is 0 Å². The van der Waals surface area contributed by atoms with Gasteiger partial charge in [-0.05, 0) is 47.1 Å². The van der Waals surface area contributed by atoms with Gasteiger partial charge in [0.2, 0.25) is 0 Å². The van der Waals surface area contributed by atoms with E-state index in [2.05, 4.69) is 17.1 Å². The van der Waals surface area contributed by atoms with Gasteiger partial charge in [0.25, 0.3) is 0 Å². The maximum absolute atomic E-state index is 11.5. The predicted octanol–water partition coefficient (Wildman–Crippen LogP) is 1.33. The molecule has 5 nitrogen and oxygen atoms in total. The van der Waals surface area contributed by atoms with Crippen molar-refractivity contribution in [3.05, 3.63) is 0 Å². The number of aliphatic carboxylic acids is 1. The lowest BCUT2D eigenvalue weighted by molar-refractivity contribution is -0.146. The van der Waals surface area contributed by atoms with Gasteiger partial charge in [-0.15, -0.1) is 0 Å². The molecule has 0 saturated carbocycles. The minimum absolute atomic E-state index is 0.139. The van der Waals surface area contributed by atoms with E-state index in [1.165, 1.54) is 0 Å². The van der Waals surface area contributed by atoms with Crippen LogP contribution in [0.4, 0.5) is 0 Å². The summed E-state index contributed by atoms with van der Waals surface area (Å²) in [6.07, 6.45) is 2.07. The van der Waals surface area contributed by atoms with Crippen LogP contribution in [0.3, 0.4) is 0 Å². The van der Waals surface area contributed by atoms with E-state index in [0.717, 1.165) is 25.9 Å². The normalized spacial score (nSPS) is 28.3. The van der Waals surface area contributed by atoms with Crippen LogP contribution in [0.2, 0.25) is 0 Å². The van der Waals surface area contributed by atoms with Gasteiger partial charge < -0.3 is 9.84 Å². The van der Waals surface area contributed by atoms with Gasteiger partial charge in [-0.3, -0.25) is 15.0 Å². The fraction of sp³-hybridized carbons (Fsp3) is 0.929. The zero-order chi connectivity index (χ0) is 14.7. The smallest absolute Gasteiger partial charge is 0.324 e. The van der Waals surface area contributed by atoms with E-state index in [1.54, 1.807) is 14.0 Å². The highest BCUT2D eigenvalue weighted by molar-refractivity contribution is 5.78. The summed E-state index contributed by atoms with van der Waals surface area (Å²) in [7, 11) is 1.73. The number of nitrogens with one attached hydrogen (secondary N) is 1. The van der Waals surface area contributed by atoms with Crippen LogP contribution < -0.4 is 5.32 Å². The lowest BCUT2D eigenvalue weighted by atomic mass is 9.92. The van der Waals surface area contributed by atoms with Crippen LogP contribution in [-0.2, 0) is 9.53 Å². The van der Waals surface area contributed by atoms with Crippen LogP contribution in [-0.4, -0.2) is 59.9 Å². The molecule has 2 N–H and O–H groups in total. The number of carboxylic acid groups (broad SMARTS) is 1. The zero-order valence-electron chi connectivity index (χ0n) is 12.8. The van der Waals surface area contributed by atoms with E-state index >= 15 is 0 Å². The maximum atomic E-state index is 11.5. The van der Waals surface area contributed by atoms with E-state index < -0.39 is 11.5 Å². The summed E-state index contributed by atoms with van der Waals surface area (Å²) in [5, 5.41) is 12.6. The number of carbonyl (C=O) groups is 1. The first-order chi connectivity index (χ1) is 8.71. The molecular weight excluding hydrogens is 244 g/mol. The highest BCUT2D eigenvalue weighted by Crippen LogP contribution is 2.25. The third-order valence-electron chi connectivity index (χ3n) is 3.85. The number of likely N-dealkylation sites (tertiary alicyclic amines) is 1. The molecule has 112 valence electrons. The van der Waals surface area contributed by atoms with Gasteiger partial charge in [-0.1, -0.05) is 0 Å².